The third-order valence-electron chi connectivity index (χ3n) is 3.05. The summed E-state index contributed by atoms with van der Waals surface area (Å²) < 4.78 is 0. The second-order valence-corrected chi connectivity index (χ2v) is 4.44. The van der Waals surface area contributed by atoms with Gasteiger partial charge in [-0.3, -0.25) is 4.90 Å². The summed E-state index contributed by atoms with van der Waals surface area (Å²) >= 11 is 0. The van der Waals surface area contributed by atoms with E-state index < -0.39 is 0 Å². The highest BCUT2D eigenvalue weighted by Gasteiger charge is 2.21. The zero-order valence-electron chi connectivity index (χ0n) is 10.2. The maximum Gasteiger partial charge on any atom is 0.140 e. The Kier molecular flexibility index (Phi) is 5.51. The Hall–Kier alpha value is -0.850. The molecule has 0 spiro atoms. The molecule has 0 saturated carbocycles. The number of hydrogen-bond donors (Lipinski definition) is 3. The van der Waals surface area contributed by atoms with Gasteiger partial charge in [0.1, 0.15) is 5.84 Å². The molecule has 0 aromatic heterocycles. The molecule has 1 unspecified atom stereocenters. The molecule has 1 atom stereocenters. The van der Waals surface area contributed by atoms with E-state index in [0.717, 1.165) is 32.7 Å². The van der Waals surface area contributed by atoms with Gasteiger partial charge in [-0.25, -0.2) is 0 Å². The number of piperazine rings is 1. The fraction of sp³-hybridized carbons (Fsp3) is 0.900. The third kappa shape index (κ3) is 4.34. The van der Waals surface area contributed by atoms with Crippen LogP contribution < -0.4 is 11.1 Å². The Bertz CT molecular complexity index is 233. The quantitative estimate of drug-likeness (QED) is 0.184. The molecule has 0 aromatic rings. The second-order valence-electron chi connectivity index (χ2n) is 4.44. The van der Waals surface area contributed by atoms with Gasteiger partial charge in [0.2, 0.25) is 0 Å². The Labute approximate surface area is 97.1 Å². The van der Waals surface area contributed by atoms with Crippen molar-refractivity contribution in [3.63, 3.8) is 0 Å². The number of likely N-dealkylation sites (N-methyl/N-ethyl adjacent to an activating group) is 2. The molecular formula is C10H23N5O. The van der Waals surface area contributed by atoms with Gasteiger partial charge in [-0.05, 0) is 14.1 Å². The van der Waals surface area contributed by atoms with E-state index in [1.807, 2.05) is 0 Å². The molecule has 1 rings (SSSR count). The predicted octanol–water partition coefficient (Wildman–Crippen LogP) is -1.04. The molecule has 0 radical (unpaired) electrons. The highest BCUT2D eigenvalue weighted by atomic mass is 16.4. The fourth-order valence-electron chi connectivity index (χ4n) is 1.86. The van der Waals surface area contributed by atoms with E-state index in [4.69, 9.17) is 10.9 Å². The lowest BCUT2D eigenvalue weighted by Crippen LogP contribution is -2.53. The topological polar surface area (TPSA) is 77.1 Å². The molecule has 0 bridgehead atoms. The smallest absolute Gasteiger partial charge is 0.140 e. The summed E-state index contributed by atoms with van der Waals surface area (Å²) in [5, 5.41) is 14.6. The molecule has 6 heteroatoms. The molecule has 0 aromatic carbocycles. The van der Waals surface area contributed by atoms with E-state index in [1.165, 1.54) is 0 Å². The lowest BCUT2D eigenvalue weighted by molar-refractivity contribution is 0.114. The van der Waals surface area contributed by atoms with Gasteiger partial charge in [0, 0.05) is 45.2 Å². The summed E-state index contributed by atoms with van der Waals surface area (Å²) in [7, 11) is 4.30. The highest BCUT2D eigenvalue weighted by Crippen LogP contribution is 2.04. The van der Waals surface area contributed by atoms with E-state index in [9.17, 15) is 0 Å². The van der Waals surface area contributed by atoms with Crippen LogP contribution >= 0.6 is 0 Å². The van der Waals surface area contributed by atoms with Crippen LogP contribution in [0.4, 0.5) is 0 Å². The first-order valence-corrected chi connectivity index (χ1v) is 5.69. The largest absolute Gasteiger partial charge is 0.409 e. The monoisotopic (exact) mass is 229 g/mol. The van der Waals surface area contributed by atoms with Crippen molar-refractivity contribution in [3.05, 3.63) is 0 Å². The molecule has 1 aliphatic rings. The summed E-state index contributed by atoms with van der Waals surface area (Å²) in [6, 6.07) is 0.547. The molecule has 4 N–H and O–H groups in total. The van der Waals surface area contributed by atoms with Crippen LogP contribution in [-0.4, -0.2) is 73.7 Å². The first-order chi connectivity index (χ1) is 7.63. The molecule has 1 heterocycles. The molecule has 16 heavy (non-hydrogen) atoms. The SMILES string of the molecule is CN1CCN(C)C(CNCCC(N)=NO)C1. The number of amidine groups is 1. The summed E-state index contributed by atoms with van der Waals surface area (Å²) in [5.41, 5.74) is 5.38. The van der Waals surface area contributed by atoms with Gasteiger partial charge in [-0.2, -0.15) is 0 Å². The van der Waals surface area contributed by atoms with Crippen LogP contribution in [0.2, 0.25) is 0 Å². The predicted molar refractivity (Wildman–Crippen MR) is 64.8 cm³/mol. The first-order valence-electron chi connectivity index (χ1n) is 5.69. The highest BCUT2D eigenvalue weighted by molar-refractivity contribution is 5.79. The minimum atomic E-state index is 0.279. The number of oxime groups is 1. The van der Waals surface area contributed by atoms with Crippen LogP contribution in [-0.2, 0) is 0 Å². The first kappa shape index (κ1) is 13.2. The standard InChI is InChI=1S/C10H23N5O/c1-14-5-6-15(2)9(8-14)7-12-4-3-10(11)13-16/h9,12,16H,3-8H2,1-2H3,(H2,11,13). The Morgan fingerprint density at radius 1 is 1.50 bits per heavy atom. The molecule has 0 aliphatic carbocycles. The molecule has 94 valence electrons. The average molecular weight is 229 g/mol. The number of nitrogens with two attached hydrogens (primary N) is 1. The van der Waals surface area contributed by atoms with E-state index in [0.29, 0.717) is 12.5 Å². The summed E-state index contributed by atoms with van der Waals surface area (Å²) in [6.07, 6.45) is 0.586. The van der Waals surface area contributed by atoms with Crippen LogP contribution in [0.5, 0.6) is 0 Å². The molecule has 1 aliphatic heterocycles. The van der Waals surface area contributed by atoms with Crippen LogP contribution in [0, 0.1) is 0 Å². The molecule has 6 nitrogen and oxygen atoms in total. The summed E-state index contributed by atoms with van der Waals surface area (Å²) in [6.45, 7) is 5.04. The van der Waals surface area contributed by atoms with Gasteiger partial charge in [0.05, 0.1) is 0 Å². The van der Waals surface area contributed by atoms with Crippen molar-refractivity contribution in [2.45, 2.75) is 12.5 Å². The van der Waals surface area contributed by atoms with Crippen LogP contribution in [0.15, 0.2) is 5.16 Å². The average Bonchev–Trinajstić information content (AvgIpc) is 2.28. The third-order valence-corrected chi connectivity index (χ3v) is 3.05. The Morgan fingerprint density at radius 3 is 2.94 bits per heavy atom. The van der Waals surface area contributed by atoms with Crippen molar-refractivity contribution in [2.24, 2.45) is 10.9 Å². The van der Waals surface area contributed by atoms with E-state index in [-0.39, 0.29) is 5.84 Å². The lowest BCUT2D eigenvalue weighted by Gasteiger charge is -2.37. The van der Waals surface area contributed by atoms with Crippen LogP contribution in [0.1, 0.15) is 6.42 Å². The molecular weight excluding hydrogens is 206 g/mol. The number of rotatable bonds is 5. The second kappa shape index (κ2) is 6.67. The van der Waals surface area contributed by atoms with Gasteiger partial charge in [0.25, 0.3) is 0 Å². The normalized spacial score (nSPS) is 24.9. The van der Waals surface area contributed by atoms with E-state index in [1.54, 1.807) is 0 Å². The summed E-state index contributed by atoms with van der Waals surface area (Å²) in [5.74, 6) is 0.279. The van der Waals surface area contributed by atoms with E-state index in [2.05, 4.69) is 34.4 Å². The van der Waals surface area contributed by atoms with Crippen molar-refractivity contribution in [2.75, 3.05) is 46.8 Å². The Balaban J connectivity index is 2.16. The fourth-order valence-corrected chi connectivity index (χ4v) is 1.86. The minimum Gasteiger partial charge on any atom is -0.409 e. The number of nitrogens with one attached hydrogen (secondary N) is 1. The number of nitrogens with zero attached hydrogens (tertiary/aromatic N) is 3. The van der Waals surface area contributed by atoms with Crippen molar-refractivity contribution in [1.29, 1.82) is 0 Å². The van der Waals surface area contributed by atoms with Crippen molar-refractivity contribution < 1.29 is 5.21 Å². The Morgan fingerprint density at radius 2 is 2.25 bits per heavy atom. The molecule has 1 saturated heterocycles. The van der Waals surface area contributed by atoms with Crippen molar-refractivity contribution >= 4 is 5.84 Å². The van der Waals surface area contributed by atoms with Gasteiger partial charge in [-0.15, -0.1) is 0 Å². The van der Waals surface area contributed by atoms with E-state index >= 15 is 0 Å². The van der Waals surface area contributed by atoms with Crippen LogP contribution in [0.3, 0.4) is 0 Å². The van der Waals surface area contributed by atoms with Crippen LogP contribution in [0.25, 0.3) is 0 Å². The van der Waals surface area contributed by atoms with Crippen molar-refractivity contribution in [3.8, 4) is 0 Å². The number of hydrogen-bond acceptors (Lipinski definition) is 5. The maximum atomic E-state index is 8.38. The zero-order valence-corrected chi connectivity index (χ0v) is 10.2. The van der Waals surface area contributed by atoms with Gasteiger partial charge < -0.3 is 21.2 Å². The maximum absolute atomic E-state index is 8.38. The summed E-state index contributed by atoms with van der Waals surface area (Å²) in [4.78, 5) is 4.71. The zero-order chi connectivity index (χ0) is 12.0. The molecule has 1 fully saturated rings. The molecule has 0 amide bonds. The van der Waals surface area contributed by atoms with Gasteiger partial charge in [-0.1, -0.05) is 5.16 Å². The minimum absolute atomic E-state index is 0.279. The van der Waals surface area contributed by atoms with Gasteiger partial charge in [0.15, 0.2) is 0 Å². The lowest BCUT2D eigenvalue weighted by atomic mass is 10.2. The van der Waals surface area contributed by atoms with Crippen molar-refractivity contribution in [1.82, 2.24) is 15.1 Å². The van der Waals surface area contributed by atoms with Gasteiger partial charge >= 0.3 is 0 Å².